The van der Waals surface area contributed by atoms with Crippen molar-refractivity contribution >= 4 is 23.2 Å². The van der Waals surface area contributed by atoms with Gasteiger partial charge in [-0.25, -0.2) is 0 Å². The van der Waals surface area contributed by atoms with E-state index in [0.717, 1.165) is 31.5 Å². The average Bonchev–Trinajstić information content (AvgIpc) is 2.67. The smallest absolute Gasteiger partial charge is 0.0846 e. The Morgan fingerprint density at radius 1 is 1.00 bits per heavy atom. The minimum atomic E-state index is -0.566. The molecule has 2 aromatic carbocycles. The first kappa shape index (κ1) is 22.8. The van der Waals surface area contributed by atoms with Gasteiger partial charge >= 0.3 is 0 Å². The van der Waals surface area contributed by atoms with Crippen LogP contribution in [0.25, 0.3) is 0 Å². The molecule has 4 heteroatoms. The maximum Gasteiger partial charge on any atom is 0.0846 e. The predicted octanol–water partition coefficient (Wildman–Crippen LogP) is 7.10. The van der Waals surface area contributed by atoms with Crippen molar-refractivity contribution in [2.24, 2.45) is 5.92 Å². The zero-order valence-electron chi connectivity index (χ0n) is 17.3. The molecule has 1 unspecified atom stereocenters. The zero-order chi connectivity index (χ0) is 20.7. The van der Waals surface area contributed by atoms with Crippen LogP contribution in [0.4, 0.5) is 0 Å². The van der Waals surface area contributed by atoms with E-state index in [0.29, 0.717) is 16.1 Å². The minimum absolute atomic E-state index is 0.177. The van der Waals surface area contributed by atoms with Gasteiger partial charge in [-0.15, -0.1) is 0 Å². The zero-order valence-corrected chi connectivity index (χ0v) is 18.8. The second-order valence-electron chi connectivity index (χ2n) is 8.02. The van der Waals surface area contributed by atoms with Crippen LogP contribution in [0.15, 0.2) is 48.5 Å². The first-order chi connectivity index (χ1) is 13.3. The van der Waals surface area contributed by atoms with Gasteiger partial charge in [-0.05, 0) is 62.4 Å². The molecule has 0 N–H and O–H groups in total. The van der Waals surface area contributed by atoms with E-state index in [-0.39, 0.29) is 5.92 Å². The van der Waals surface area contributed by atoms with Crippen LogP contribution in [0.1, 0.15) is 51.7 Å². The lowest BCUT2D eigenvalue weighted by molar-refractivity contribution is 0.199. The maximum atomic E-state index is 10.1. The van der Waals surface area contributed by atoms with E-state index in [1.807, 2.05) is 18.2 Å². The lowest BCUT2D eigenvalue weighted by atomic mass is 9.70. The van der Waals surface area contributed by atoms with Crippen molar-refractivity contribution in [3.63, 3.8) is 0 Å². The number of halogens is 2. The maximum absolute atomic E-state index is 10.1. The lowest BCUT2D eigenvalue weighted by Gasteiger charge is -2.33. The molecule has 2 rings (SSSR count). The molecule has 0 amide bonds. The van der Waals surface area contributed by atoms with Crippen LogP contribution in [0.3, 0.4) is 0 Å². The van der Waals surface area contributed by atoms with Gasteiger partial charge in [0.25, 0.3) is 0 Å². The first-order valence-corrected chi connectivity index (χ1v) is 10.7. The molecule has 0 heterocycles. The number of rotatable bonds is 9. The van der Waals surface area contributed by atoms with E-state index >= 15 is 0 Å². The number of nitrogens with zero attached hydrogens (tertiary/aromatic N) is 2. The van der Waals surface area contributed by atoms with Crippen LogP contribution >= 0.6 is 23.2 Å². The van der Waals surface area contributed by atoms with Crippen LogP contribution in [0, 0.1) is 17.2 Å². The average molecular weight is 417 g/mol. The molecule has 2 aromatic rings. The SMILES string of the molecule is CC(C)N(CCCC(C#N)(c1ccc(Cl)c(Cl)c1)C(C)C)Cc1ccccc1. The molecule has 0 saturated heterocycles. The number of nitriles is 1. The summed E-state index contributed by atoms with van der Waals surface area (Å²) in [6.45, 7) is 10.5. The third kappa shape index (κ3) is 5.51. The molecule has 0 spiro atoms. The molecular weight excluding hydrogens is 387 g/mol. The topological polar surface area (TPSA) is 27.0 Å². The Bertz CT molecular complexity index is 796. The van der Waals surface area contributed by atoms with Gasteiger partial charge in [0.1, 0.15) is 0 Å². The van der Waals surface area contributed by atoms with Crippen LogP contribution in [0.5, 0.6) is 0 Å². The van der Waals surface area contributed by atoms with Gasteiger partial charge in [0.15, 0.2) is 0 Å². The molecule has 0 aliphatic rings. The molecule has 1 atom stereocenters. The summed E-state index contributed by atoms with van der Waals surface area (Å²) < 4.78 is 0. The quantitative estimate of drug-likeness (QED) is 0.435. The Labute approximate surface area is 180 Å². The molecule has 150 valence electrons. The van der Waals surface area contributed by atoms with E-state index < -0.39 is 5.41 Å². The highest BCUT2D eigenvalue weighted by atomic mass is 35.5. The standard InChI is InChI=1S/C24H30Cl2N2/c1-18(2)24(17-27,21-11-12-22(25)23(26)15-21)13-8-14-28(19(3)4)16-20-9-6-5-7-10-20/h5-7,9-12,15,18-19H,8,13-14,16H2,1-4H3. The van der Waals surface area contributed by atoms with Gasteiger partial charge in [0, 0.05) is 12.6 Å². The van der Waals surface area contributed by atoms with Gasteiger partial charge < -0.3 is 0 Å². The van der Waals surface area contributed by atoms with E-state index in [9.17, 15) is 5.26 Å². The fourth-order valence-corrected chi connectivity index (χ4v) is 3.99. The number of hydrogen-bond acceptors (Lipinski definition) is 2. The largest absolute Gasteiger partial charge is 0.297 e. The van der Waals surface area contributed by atoms with Gasteiger partial charge in [-0.3, -0.25) is 4.90 Å². The normalized spacial score (nSPS) is 13.7. The molecule has 0 aliphatic carbocycles. The fourth-order valence-electron chi connectivity index (χ4n) is 3.69. The summed E-state index contributed by atoms with van der Waals surface area (Å²) in [5.74, 6) is 0.177. The molecular formula is C24H30Cl2N2. The molecule has 0 aliphatic heterocycles. The molecule has 28 heavy (non-hydrogen) atoms. The molecule has 0 fully saturated rings. The van der Waals surface area contributed by atoms with Crippen molar-refractivity contribution in [3.05, 3.63) is 69.7 Å². The summed E-state index contributed by atoms with van der Waals surface area (Å²) in [5, 5.41) is 11.2. The van der Waals surface area contributed by atoms with Gasteiger partial charge in [-0.1, -0.05) is 73.4 Å². The molecule has 2 nitrogen and oxygen atoms in total. The second-order valence-corrected chi connectivity index (χ2v) is 8.83. The number of benzene rings is 2. The van der Waals surface area contributed by atoms with Crippen molar-refractivity contribution in [2.75, 3.05) is 6.54 Å². The predicted molar refractivity (Wildman–Crippen MR) is 120 cm³/mol. The van der Waals surface area contributed by atoms with E-state index in [2.05, 4.69) is 62.9 Å². The monoisotopic (exact) mass is 416 g/mol. The Morgan fingerprint density at radius 3 is 2.21 bits per heavy atom. The summed E-state index contributed by atoms with van der Waals surface area (Å²) in [7, 11) is 0. The number of hydrogen-bond donors (Lipinski definition) is 0. The highest BCUT2D eigenvalue weighted by molar-refractivity contribution is 6.42. The summed E-state index contributed by atoms with van der Waals surface area (Å²) >= 11 is 12.3. The van der Waals surface area contributed by atoms with Crippen molar-refractivity contribution < 1.29 is 0 Å². The third-order valence-electron chi connectivity index (χ3n) is 5.60. The summed E-state index contributed by atoms with van der Waals surface area (Å²) in [4.78, 5) is 2.46. The molecule has 0 saturated carbocycles. The van der Waals surface area contributed by atoms with Gasteiger partial charge in [-0.2, -0.15) is 5.26 Å². The highest BCUT2D eigenvalue weighted by Gasteiger charge is 2.36. The third-order valence-corrected chi connectivity index (χ3v) is 6.33. The van der Waals surface area contributed by atoms with Crippen molar-refractivity contribution in [1.29, 1.82) is 5.26 Å². The summed E-state index contributed by atoms with van der Waals surface area (Å²) in [5.41, 5.74) is 1.71. The van der Waals surface area contributed by atoms with Crippen molar-refractivity contribution in [2.45, 2.75) is 58.5 Å². The van der Waals surface area contributed by atoms with Gasteiger partial charge in [0.05, 0.1) is 21.5 Å². The first-order valence-electron chi connectivity index (χ1n) is 9.95. The molecule has 0 aromatic heterocycles. The second kappa shape index (κ2) is 10.3. The van der Waals surface area contributed by atoms with E-state index in [1.165, 1.54) is 5.56 Å². The van der Waals surface area contributed by atoms with E-state index in [1.54, 1.807) is 6.07 Å². The van der Waals surface area contributed by atoms with Crippen LogP contribution in [-0.2, 0) is 12.0 Å². The molecule has 0 radical (unpaired) electrons. The van der Waals surface area contributed by atoms with Crippen molar-refractivity contribution in [3.8, 4) is 6.07 Å². The molecule has 0 bridgehead atoms. The van der Waals surface area contributed by atoms with Crippen LogP contribution < -0.4 is 0 Å². The Kier molecular flexibility index (Phi) is 8.38. The summed E-state index contributed by atoms with van der Waals surface area (Å²) in [6.07, 6.45) is 1.73. The van der Waals surface area contributed by atoms with E-state index in [4.69, 9.17) is 23.2 Å². The highest BCUT2D eigenvalue weighted by Crippen LogP contribution is 2.39. The fraction of sp³-hybridized carbons (Fsp3) is 0.458. The summed E-state index contributed by atoms with van der Waals surface area (Å²) in [6, 6.07) is 19.2. The minimum Gasteiger partial charge on any atom is -0.297 e. The van der Waals surface area contributed by atoms with Crippen LogP contribution in [-0.4, -0.2) is 17.5 Å². The Morgan fingerprint density at radius 2 is 1.68 bits per heavy atom. The van der Waals surface area contributed by atoms with Gasteiger partial charge in [0.2, 0.25) is 0 Å². The lowest BCUT2D eigenvalue weighted by Crippen LogP contribution is -2.35. The van der Waals surface area contributed by atoms with Crippen molar-refractivity contribution in [1.82, 2.24) is 4.90 Å². The Hall–Kier alpha value is -1.53. The van der Waals surface area contributed by atoms with Crippen LogP contribution in [0.2, 0.25) is 10.0 Å². The Balaban J connectivity index is 2.14.